The molecule has 0 aromatic rings. The molecule has 0 rings (SSSR count). The minimum absolute atomic E-state index is 0.164. The Kier molecular flexibility index (Phi) is 5.01. The van der Waals surface area contributed by atoms with E-state index in [1.165, 1.54) is 6.92 Å². The fourth-order valence-electron chi connectivity index (χ4n) is 1.50. The third-order valence-corrected chi connectivity index (χ3v) is 2.33. The van der Waals surface area contributed by atoms with E-state index in [0.717, 1.165) is 13.8 Å². The number of hydrogen-bond acceptors (Lipinski definition) is 5. The Bertz CT molecular complexity index is 409. The van der Waals surface area contributed by atoms with E-state index in [9.17, 15) is 19.2 Å². The van der Waals surface area contributed by atoms with Gasteiger partial charge in [-0.15, -0.1) is 5.53 Å². The van der Waals surface area contributed by atoms with Crippen LogP contribution in [0.15, 0.2) is 5.22 Å². The maximum Gasteiger partial charge on any atom is 0.339 e. The molecule has 0 saturated heterocycles. The zero-order valence-corrected chi connectivity index (χ0v) is 9.68. The van der Waals surface area contributed by atoms with Gasteiger partial charge in [-0.3, -0.25) is 14.4 Å². The molecule has 0 saturated carbocycles. The zero-order valence-electron chi connectivity index (χ0n) is 9.68. The Hall–Kier alpha value is -2.21. The van der Waals surface area contributed by atoms with E-state index in [4.69, 9.17) is 5.53 Å². The molecule has 0 aromatic carbocycles. The van der Waals surface area contributed by atoms with E-state index >= 15 is 0 Å². The van der Waals surface area contributed by atoms with Gasteiger partial charge in [-0.1, -0.05) is 6.92 Å². The lowest BCUT2D eigenvalue weighted by Crippen LogP contribution is -2.54. The lowest BCUT2D eigenvalue weighted by Gasteiger charge is -2.21. The van der Waals surface area contributed by atoms with Crippen molar-refractivity contribution < 1.29 is 19.2 Å². The first kappa shape index (κ1) is 14.8. The van der Waals surface area contributed by atoms with E-state index in [0.29, 0.717) is 0 Å². The van der Waals surface area contributed by atoms with Gasteiger partial charge in [0.1, 0.15) is 0 Å². The Morgan fingerprint density at radius 3 is 2.00 bits per heavy atom. The number of ketones is 3. The van der Waals surface area contributed by atoms with Crippen LogP contribution in [0.3, 0.4) is 0 Å². The third kappa shape index (κ3) is 2.48. The monoisotopic (exact) mass is 240 g/mol. The summed E-state index contributed by atoms with van der Waals surface area (Å²) in [5.41, 5.74) is 7.29. The minimum atomic E-state index is -2.41. The molecule has 8 nitrogen and oxygen atoms in total. The molecule has 0 atom stereocenters. The van der Waals surface area contributed by atoms with Gasteiger partial charge in [0.15, 0.2) is 17.3 Å². The molecule has 0 fully saturated rings. The van der Waals surface area contributed by atoms with Crippen LogP contribution in [-0.2, 0) is 19.2 Å². The fraction of sp³-hybridized carbons (Fsp3) is 0.556. The van der Waals surface area contributed by atoms with E-state index in [1.54, 1.807) is 5.43 Å². The number of nitrogens with zero attached hydrogens (tertiary/aromatic N) is 3. The van der Waals surface area contributed by atoms with Crippen molar-refractivity contribution in [2.24, 2.45) is 10.6 Å². The Morgan fingerprint density at radius 2 is 1.71 bits per heavy atom. The Morgan fingerprint density at radius 1 is 1.24 bits per heavy atom. The van der Waals surface area contributed by atoms with Crippen molar-refractivity contribution in [3.8, 4) is 0 Å². The molecule has 0 bridgehead atoms. The number of carbonyl (C=O) groups is 4. The highest BCUT2D eigenvalue weighted by Crippen LogP contribution is 2.24. The van der Waals surface area contributed by atoms with Crippen molar-refractivity contribution in [3.05, 3.63) is 10.4 Å². The lowest BCUT2D eigenvalue weighted by molar-refractivity contribution is -0.154. The van der Waals surface area contributed by atoms with Crippen LogP contribution in [0.5, 0.6) is 0 Å². The summed E-state index contributed by atoms with van der Waals surface area (Å²) in [6.45, 7) is 3.35. The van der Waals surface area contributed by atoms with Crippen LogP contribution >= 0.6 is 0 Å². The van der Waals surface area contributed by atoms with Crippen LogP contribution < -0.4 is 5.43 Å². The van der Waals surface area contributed by atoms with Crippen molar-refractivity contribution in [1.82, 2.24) is 5.43 Å². The number of azide groups is 1. The highest BCUT2D eigenvalue weighted by atomic mass is 16.2. The average molecular weight is 240 g/mol. The molecule has 0 heterocycles. The molecule has 1 amide bonds. The average Bonchev–Trinajstić information content (AvgIpc) is 2.25. The van der Waals surface area contributed by atoms with Crippen LogP contribution in [0, 0.1) is 5.41 Å². The van der Waals surface area contributed by atoms with Crippen LogP contribution in [0.1, 0.15) is 27.2 Å². The number of amides is 1. The number of carbonyl (C=O) groups excluding carboxylic acids is 4. The Balaban J connectivity index is 5.72. The molecule has 0 aromatic heterocycles. The third-order valence-electron chi connectivity index (χ3n) is 2.33. The largest absolute Gasteiger partial charge is 0.339 e. The molecule has 0 spiro atoms. The van der Waals surface area contributed by atoms with Crippen molar-refractivity contribution in [2.45, 2.75) is 27.2 Å². The molecule has 0 aliphatic carbocycles. The second kappa shape index (κ2) is 5.76. The van der Waals surface area contributed by atoms with Crippen molar-refractivity contribution in [3.63, 3.8) is 0 Å². The highest BCUT2D eigenvalue weighted by molar-refractivity contribution is 6.37. The second-order valence-electron chi connectivity index (χ2n) is 3.27. The highest BCUT2D eigenvalue weighted by Gasteiger charge is 2.55. The van der Waals surface area contributed by atoms with Gasteiger partial charge in [0.05, 0.1) is 0 Å². The first-order chi connectivity index (χ1) is 7.85. The number of Topliss-reactive ketones (excluding diaryl/α,β-unsaturated/α-hetero) is 3. The van der Waals surface area contributed by atoms with Gasteiger partial charge in [-0.05, 0) is 19.1 Å². The first-order valence-corrected chi connectivity index (χ1v) is 4.75. The summed E-state index contributed by atoms with van der Waals surface area (Å²) < 4.78 is 0. The van der Waals surface area contributed by atoms with Crippen LogP contribution in [-0.4, -0.2) is 23.3 Å². The summed E-state index contributed by atoms with van der Waals surface area (Å²) >= 11 is 0. The lowest BCUT2D eigenvalue weighted by atomic mass is 9.74. The molecule has 92 valence electrons. The minimum Gasteiger partial charge on any atom is -0.298 e. The second-order valence-corrected chi connectivity index (χ2v) is 3.27. The maximum atomic E-state index is 11.7. The van der Waals surface area contributed by atoms with Crippen molar-refractivity contribution >= 4 is 23.3 Å². The smallest absolute Gasteiger partial charge is 0.298 e. The standard InChI is InChI=1S/C9H12N4O4/c1-4-7(16)9(5(2)14,6(3)15)8(17)11-13-12-10/h4H2,1-3H3,(H,11,17). The summed E-state index contributed by atoms with van der Waals surface area (Å²) in [5.74, 6) is -3.85. The molecule has 0 unspecified atom stereocenters. The van der Waals surface area contributed by atoms with Gasteiger partial charge in [-0.25, -0.2) is 4.79 Å². The van der Waals surface area contributed by atoms with Gasteiger partial charge in [0, 0.05) is 6.42 Å². The normalized spacial score (nSPS) is 10.1. The van der Waals surface area contributed by atoms with Crippen LogP contribution in [0.4, 0.5) is 0 Å². The van der Waals surface area contributed by atoms with Gasteiger partial charge in [0.25, 0.3) is 0 Å². The summed E-state index contributed by atoms with van der Waals surface area (Å²) in [7, 11) is 0. The summed E-state index contributed by atoms with van der Waals surface area (Å²) in [4.78, 5) is 48.6. The molecule has 0 aliphatic heterocycles. The van der Waals surface area contributed by atoms with E-state index in [2.05, 4.69) is 10.1 Å². The Labute approximate surface area is 97.0 Å². The topological polar surface area (TPSA) is 129 Å². The predicted molar refractivity (Wildman–Crippen MR) is 56.4 cm³/mol. The number of rotatable bonds is 6. The summed E-state index contributed by atoms with van der Waals surface area (Å²) in [6.07, 6.45) is -0.164. The van der Waals surface area contributed by atoms with Gasteiger partial charge >= 0.3 is 5.91 Å². The van der Waals surface area contributed by atoms with Crippen LogP contribution in [0.2, 0.25) is 0 Å². The summed E-state index contributed by atoms with van der Waals surface area (Å²) in [5, 5.41) is 2.74. The van der Waals surface area contributed by atoms with Gasteiger partial charge < -0.3 is 0 Å². The molecular weight excluding hydrogens is 228 g/mol. The van der Waals surface area contributed by atoms with Crippen molar-refractivity contribution in [2.75, 3.05) is 0 Å². The number of nitrogens with one attached hydrogen (secondary N) is 1. The molecule has 8 heteroatoms. The van der Waals surface area contributed by atoms with Crippen LogP contribution in [0.25, 0.3) is 10.4 Å². The molecule has 0 radical (unpaired) electrons. The van der Waals surface area contributed by atoms with E-state index in [-0.39, 0.29) is 6.42 Å². The number of hydrogen-bond donors (Lipinski definition) is 1. The first-order valence-electron chi connectivity index (χ1n) is 4.75. The summed E-state index contributed by atoms with van der Waals surface area (Å²) in [6, 6.07) is 0. The molecular formula is C9H12N4O4. The maximum absolute atomic E-state index is 11.7. The molecule has 17 heavy (non-hydrogen) atoms. The van der Waals surface area contributed by atoms with Gasteiger partial charge in [0.2, 0.25) is 5.41 Å². The van der Waals surface area contributed by atoms with E-state index in [1.807, 2.05) is 0 Å². The van der Waals surface area contributed by atoms with E-state index < -0.39 is 28.7 Å². The fourth-order valence-corrected chi connectivity index (χ4v) is 1.50. The molecule has 1 N–H and O–H groups in total. The predicted octanol–water partition coefficient (Wildman–Crippen LogP) is 0.471. The zero-order chi connectivity index (χ0) is 13.6. The van der Waals surface area contributed by atoms with Gasteiger partial charge in [-0.2, -0.15) is 10.3 Å². The quantitative estimate of drug-likeness (QED) is 0.238. The van der Waals surface area contributed by atoms with Crippen molar-refractivity contribution in [1.29, 1.82) is 0 Å². The molecule has 0 aliphatic rings. The SMILES string of the molecule is CCC(=O)C(C(C)=O)(C(C)=O)C(=O)NN=[N+]=[N-].